The maximum absolute atomic E-state index is 14.2. The van der Waals surface area contributed by atoms with E-state index in [9.17, 15) is 4.39 Å². The first-order valence-corrected chi connectivity index (χ1v) is 8.94. The van der Waals surface area contributed by atoms with Crippen molar-refractivity contribution >= 4 is 41.7 Å². The second-order valence-electron chi connectivity index (χ2n) is 6.00. The van der Waals surface area contributed by atoms with Crippen LogP contribution in [0.1, 0.15) is 19.4 Å². The summed E-state index contributed by atoms with van der Waals surface area (Å²) in [6, 6.07) is 5.17. The van der Waals surface area contributed by atoms with Gasteiger partial charge in [-0.05, 0) is 37.8 Å². The summed E-state index contributed by atoms with van der Waals surface area (Å²) in [7, 11) is 1.73. The highest BCUT2D eigenvalue weighted by Gasteiger charge is 2.16. The highest BCUT2D eigenvalue weighted by Crippen LogP contribution is 2.19. The zero-order chi connectivity index (χ0) is 17.6. The highest BCUT2D eigenvalue weighted by atomic mass is 127. The highest BCUT2D eigenvalue weighted by molar-refractivity contribution is 14.0. The molecule has 5 nitrogen and oxygen atoms in total. The third-order valence-electron chi connectivity index (χ3n) is 3.71. The fourth-order valence-corrected chi connectivity index (χ4v) is 2.26. The molecule has 0 aliphatic rings. The molecule has 0 saturated carbocycles. The molecule has 2 rings (SSSR count). The standard InChI is InChI=1S/C17H24FN5S.HI/c1-17(2,24-4)11-22-16(19-3)21-10-13-5-6-15(14(18)9-13)23-8-7-20-12-23;/h5-9,12H,10-11H2,1-4H3,(H2,19,21,22);1H. The first kappa shape index (κ1) is 21.8. The Morgan fingerprint density at radius 1 is 1.36 bits per heavy atom. The van der Waals surface area contributed by atoms with Crippen LogP contribution < -0.4 is 10.6 Å². The number of thioether (sulfide) groups is 1. The van der Waals surface area contributed by atoms with Crippen molar-refractivity contribution in [2.24, 2.45) is 4.99 Å². The lowest BCUT2D eigenvalue weighted by atomic mass is 10.2. The lowest BCUT2D eigenvalue weighted by Gasteiger charge is -2.23. The van der Waals surface area contributed by atoms with Gasteiger partial charge in [0, 0.05) is 37.3 Å². The van der Waals surface area contributed by atoms with E-state index < -0.39 is 0 Å². The van der Waals surface area contributed by atoms with Crippen molar-refractivity contribution in [1.82, 2.24) is 20.2 Å². The molecule has 0 amide bonds. The molecule has 2 aromatic rings. The Labute approximate surface area is 169 Å². The van der Waals surface area contributed by atoms with Crippen molar-refractivity contribution in [3.05, 3.63) is 48.3 Å². The van der Waals surface area contributed by atoms with Gasteiger partial charge in [-0.15, -0.1) is 24.0 Å². The third-order valence-corrected chi connectivity index (χ3v) is 4.96. The van der Waals surface area contributed by atoms with E-state index in [0.717, 1.165) is 12.1 Å². The molecule has 0 saturated heterocycles. The number of halogens is 2. The molecule has 0 spiro atoms. The topological polar surface area (TPSA) is 54.2 Å². The summed E-state index contributed by atoms with van der Waals surface area (Å²) in [5.41, 5.74) is 1.34. The van der Waals surface area contributed by atoms with Gasteiger partial charge in [0.1, 0.15) is 5.82 Å². The maximum Gasteiger partial charge on any atom is 0.191 e. The molecular formula is C17H25FIN5S. The minimum absolute atomic E-state index is 0. The van der Waals surface area contributed by atoms with E-state index >= 15 is 0 Å². The Kier molecular flexibility index (Phi) is 8.70. The number of imidazole rings is 1. The number of nitrogens with zero attached hydrogens (tertiary/aromatic N) is 3. The van der Waals surface area contributed by atoms with Gasteiger partial charge in [-0.2, -0.15) is 11.8 Å². The van der Waals surface area contributed by atoms with Crippen molar-refractivity contribution < 1.29 is 4.39 Å². The van der Waals surface area contributed by atoms with Crippen molar-refractivity contribution in [2.45, 2.75) is 25.1 Å². The predicted molar refractivity (Wildman–Crippen MR) is 115 cm³/mol. The molecule has 8 heteroatoms. The number of aromatic nitrogens is 2. The van der Waals surface area contributed by atoms with Crippen LogP contribution in [-0.2, 0) is 6.54 Å². The van der Waals surface area contributed by atoms with E-state index in [4.69, 9.17) is 0 Å². The number of rotatable bonds is 6. The zero-order valence-corrected chi connectivity index (χ0v) is 18.1. The molecule has 0 fully saturated rings. The van der Waals surface area contributed by atoms with E-state index in [1.807, 2.05) is 6.07 Å². The van der Waals surface area contributed by atoms with Gasteiger partial charge < -0.3 is 15.2 Å². The molecule has 1 aromatic heterocycles. The Morgan fingerprint density at radius 2 is 2.12 bits per heavy atom. The number of aliphatic imine (C=N–C) groups is 1. The summed E-state index contributed by atoms with van der Waals surface area (Å²) in [5.74, 6) is 0.426. The minimum Gasteiger partial charge on any atom is -0.355 e. The molecule has 0 unspecified atom stereocenters. The van der Waals surface area contributed by atoms with Crippen LogP contribution >= 0.6 is 35.7 Å². The van der Waals surface area contributed by atoms with Gasteiger partial charge in [0.05, 0.1) is 12.0 Å². The fourth-order valence-electron chi connectivity index (χ4n) is 2.05. The van der Waals surface area contributed by atoms with Gasteiger partial charge in [0.15, 0.2) is 5.96 Å². The van der Waals surface area contributed by atoms with Gasteiger partial charge >= 0.3 is 0 Å². The Balaban J connectivity index is 0.00000312. The normalized spacial score (nSPS) is 11.8. The number of hydrogen-bond donors (Lipinski definition) is 2. The van der Waals surface area contributed by atoms with E-state index in [1.54, 1.807) is 48.2 Å². The zero-order valence-electron chi connectivity index (χ0n) is 14.9. The van der Waals surface area contributed by atoms with Crippen molar-refractivity contribution in [3.8, 4) is 5.69 Å². The van der Waals surface area contributed by atoms with Crippen LogP contribution in [0, 0.1) is 5.82 Å². The average Bonchev–Trinajstić information content (AvgIpc) is 3.09. The largest absolute Gasteiger partial charge is 0.355 e. The summed E-state index contributed by atoms with van der Waals surface area (Å²) < 4.78 is 16.0. The van der Waals surface area contributed by atoms with Crippen LogP contribution in [-0.4, -0.2) is 40.1 Å². The first-order valence-electron chi connectivity index (χ1n) is 7.71. The summed E-state index contributed by atoms with van der Waals surface area (Å²) >= 11 is 1.79. The molecule has 0 aliphatic heterocycles. The second kappa shape index (κ2) is 10.0. The van der Waals surface area contributed by atoms with Crippen LogP contribution in [0.3, 0.4) is 0 Å². The molecule has 0 radical (unpaired) electrons. The van der Waals surface area contributed by atoms with Gasteiger partial charge in [-0.1, -0.05) is 6.07 Å². The monoisotopic (exact) mass is 477 g/mol. The Hall–Kier alpha value is -1.29. The van der Waals surface area contributed by atoms with Gasteiger partial charge in [-0.3, -0.25) is 4.99 Å². The summed E-state index contributed by atoms with van der Waals surface area (Å²) in [4.78, 5) is 8.14. The number of guanidine groups is 1. The van der Waals surface area contributed by atoms with Crippen LogP contribution in [0.2, 0.25) is 0 Å². The second-order valence-corrected chi connectivity index (χ2v) is 7.51. The van der Waals surface area contributed by atoms with E-state index in [1.165, 1.54) is 6.07 Å². The lowest BCUT2D eigenvalue weighted by molar-refractivity contribution is 0.614. The molecule has 0 bridgehead atoms. The van der Waals surface area contributed by atoms with Gasteiger partial charge in [0.2, 0.25) is 0 Å². The van der Waals surface area contributed by atoms with E-state index in [-0.39, 0.29) is 34.5 Å². The SMILES string of the molecule is CN=C(NCc1ccc(-n2ccnc2)c(F)c1)NCC(C)(C)SC.I. The minimum atomic E-state index is -0.279. The molecule has 2 N–H and O–H groups in total. The molecule has 25 heavy (non-hydrogen) atoms. The number of nitrogens with one attached hydrogen (secondary N) is 2. The number of benzene rings is 1. The number of hydrogen-bond acceptors (Lipinski definition) is 3. The Bertz CT molecular complexity index is 688. The van der Waals surface area contributed by atoms with Crippen LogP contribution in [0.5, 0.6) is 0 Å². The third kappa shape index (κ3) is 6.50. The smallest absolute Gasteiger partial charge is 0.191 e. The Morgan fingerprint density at radius 3 is 2.68 bits per heavy atom. The van der Waals surface area contributed by atoms with Crippen molar-refractivity contribution in [2.75, 3.05) is 19.8 Å². The van der Waals surface area contributed by atoms with Crippen LogP contribution in [0.4, 0.5) is 4.39 Å². The lowest BCUT2D eigenvalue weighted by Crippen LogP contribution is -2.43. The summed E-state index contributed by atoms with van der Waals surface area (Å²) in [6.07, 6.45) is 7.01. The van der Waals surface area contributed by atoms with Gasteiger partial charge in [-0.25, -0.2) is 9.37 Å². The first-order chi connectivity index (χ1) is 11.4. The molecule has 0 atom stereocenters. The summed E-state index contributed by atoms with van der Waals surface area (Å²) in [6.45, 7) is 5.63. The van der Waals surface area contributed by atoms with Crippen molar-refractivity contribution in [3.63, 3.8) is 0 Å². The van der Waals surface area contributed by atoms with E-state index in [0.29, 0.717) is 18.2 Å². The van der Waals surface area contributed by atoms with Crippen LogP contribution in [0.15, 0.2) is 41.9 Å². The molecular weight excluding hydrogens is 452 g/mol. The average molecular weight is 477 g/mol. The van der Waals surface area contributed by atoms with E-state index in [2.05, 4.69) is 40.7 Å². The van der Waals surface area contributed by atoms with Crippen LogP contribution in [0.25, 0.3) is 5.69 Å². The quantitative estimate of drug-likeness (QED) is 0.381. The van der Waals surface area contributed by atoms with Crippen molar-refractivity contribution in [1.29, 1.82) is 0 Å². The van der Waals surface area contributed by atoms with Gasteiger partial charge in [0.25, 0.3) is 0 Å². The summed E-state index contributed by atoms with van der Waals surface area (Å²) in [5, 5.41) is 6.50. The fraction of sp³-hybridized carbons (Fsp3) is 0.412. The molecule has 1 heterocycles. The maximum atomic E-state index is 14.2. The molecule has 1 aromatic carbocycles. The molecule has 0 aliphatic carbocycles. The predicted octanol–water partition coefficient (Wildman–Crippen LogP) is 3.44. The molecule has 138 valence electrons.